The van der Waals surface area contributed by atoms with E-state index < -0.39 is 17.7 Å². The van der Waals surface area contributed by atoms with Crippen LogP contribution < -0.4 is 10.6 Å². The third-order valence-corrected chi connectivity index (χ3v) is 5.97. The van der Waals surface area contributed by atoms with Crippen LogP contribution in [-0.4, -0.2) is 39.2 Å². The minimum Gasteiger partial charge on any atom is -0.385 e. The van der Waals surface area contributed by atoms with E-state index in [0.29, 0.717) is 46.6 Å². The highest BCUT2D eigenvalue weighted by Crippen LogP contribution is 2.46. The van der Waals surface area contributed by atoms with E-state index in [1.165, 1.54) is 44.0 Å². The maximum Gasteiger partial charge on any atom is 0.435 e. The average molecular weight is 496 g/mol. The Bertz CT molecular complexity index is 1490. The summed E-state index contributed by atoms with van der Waals surface area (Å²) in [5.41, 5.74) is 3.28. The average Bonchev–Trinajstić information content (AvgIpc) is 3.49. The molecule has 11 heteroatoms. The lowest BCUT2D eigenvalue weighted by Gasteiger charge is -2.16. The highest BCUT2D eigenvalue weighted by atomic mass is 19.4. The summed E-state index contributed by atoms with van der Waals surface area (Å²) in [6, 6.07) is 5.19. The Kier molecular flexibility index (Phi) is 5.70. The summed E-state index contributed by atoms with van der Waals surface area (Å²) in [6.07, 6.45) is 1.31. The highest BCUT2D eigenvalue weighted by Gasteiger charge is 2.35. The van der Waals surface area contributed by atoms with Crippen LogP contribution in [-0.2, 0) is 12.6 Å². The molecule has 36 heavy (non-hydrogen) atoms. The third-order valence-electron chi connectivity index (χ3n) is 5.97. The predicted molar refractivity (Wildman–Crippen MR) is 125 cm³/mol. The van der Waals surface area contributed by atoms with Crippen molar-refractivity contribution < 1.29 is 22.4 Å². The van der Waals surface area contributed by atoms with Gasteiger partial charge in [-0.25, -0.2) is 9.07 Å². The molecule has 0 bridgehead atoms. The number of carbonyl (C=O) groups excluding carboxylic acids is 1. The van der Waals surface area contributed by atoms with Crippen LogP contribution in [0.5, 0.6) is 0 Å². The van der Waals surface area contributed by atoms with E-state index in [0.717, 1.165) is 16.3 Å². The zero-order chi connectivity index (χ0) is 25.6. The van der Waals surface area contributed by atoms with E-state index in [2.05, 4.69) is 25.7 Å². The molecule has 0 fully saturated rings. The van der Waals surface area contributed by atoms with Crippen molar-refractivity contribution in [3.8, 4) is 27.9 Å². The Morgan fingerprint density at radius 3 is 2.64 bits per heavy atom. The van der Waals surface area contributed by atoms with Gasteiger partial charge in [-0.2, -0.15) is 18.3 Å². The van der Waals surface area contributed by atoms with Gasteiger partial charge in [-0.05, 0) is 42.3 Å². The van der Waals surface area contributed by atoms with Gasteiger partial charge < -0.3 is 10.6 Å². The molecule has 1 amide bonds. The molecule has 3 heterocycles. The van der Waals surface area contributed by atoms with Gasteiger partial charge in [-0.3, -0.25) is 14.8 Å². The first-order chi connectivity index (χ1) is 17.2. The van der Waals surface area contributed by atoms with Crippen molar-refractivity contribution in [2.45, 2.75) is 19.5 Å². The number of halogens is 4. The fourth-order valence-electron chi connectivity index (χ4n) is 4.43. The second kappa shape index (κ2) is 8.74. The quantitative estimate of drug-likeness (QED) is 0.340. The Labute approximate surface area is 203 Å². The fraction of sp³-hybridized carbons (Fsp3) is 0.200. The SMILES string of the molecule is CCNc1cc(F)cc2c1Cc1ncc(-c3cncc(C(=O)NC)c3)c(-n3ccc(C(F)(F)F)n3)c1-2. The molecule has 0 saturated heterocycles. The monoisotopic (exact) mass is 496 g/mol. The molecule has 4 aromatic rings. The van der Waals surface area contributed by atoms with Crippen LogP contribution >= 0.6 is 0 Å². The number of alkyl halides is 3. The van der Waals surface area contributed by atoms with E-state index in [1.54, 1.807) is 6.07 Å². The first kappa shape index (κ1) is 23.5. The standard InChI is InChI=1S/C25H20F4N6O/c1-3-32-19-8-15(26)7-17-16(19)9-20-22(17)23(35-5-4-21(34-35)25(27,28)29)18(12-33-20)13-6-14(11-31-10-13)24(36)30-2/h4-8,10-12,32H,3,9H2,1-2H3,(H,30,36). The number of amides is 1. The molecule has 0 saturated carbocycles. The summed E-state index contributed by atoms with van der Waals surface area (Å²) >= 11 is 0. The normalized spacial score (nSPS) is 12.3. The summed E-state index contributed by atoms with van der Waals surface area (Å²) in [6.45, 7) is 2.44. The second-order valence-electron chi connectivity index (χ2n) is 8.21. The van der Waals surface area contributed by atoms with Gasteiger partial charge in [0.2, 0.25) is 0 Å². The molecule has 7 nitrogen and oxygen atoms in total. The van der Waals surface area contributed by atoms with Crippen molar-refractivity contribution in [2.24, 2.45) is 0 Å². The summed E-state index contributed by atoms with van der Waals surface area (Å²) in [5, 5.41) is 9.46. The molecule has 0 aliphatic heterocycles. The van der Waals surface area contributed by atoms with Crippen molar-refractivity contribution >= 4 is 11.6 Å². The molecule has 0 atom stereocenters. The molecule has 1 aliphatic rings. The largest absolute Gasteiger partial charge is 0.435 e. The van der Waals surface area contributed by atoms with Gasteiger partial charge in [0.1, 0.15) is 5.82 Å². The minimum atomic E-state index is -4.65. The molecule has 0 unspecified atom stereocenters. The van der Waals surface area contributed by atoms with Gasteiger partial charge in [0.25, 0.3) is 5.91 Å². The fourth-order valence-corrected chi connectivity index (χ4v) is 4.43. The maximum absolute atomic E-state index is 14.7. The lowest BCUT2D eigenvalue weighted by atomic mass is 9.98. The molecule has 3 aromatic heterocycles. The summed E-state index contributed by atoms with van der Waals surface area (Å²) < 4.78 is 56.0. The number of benzene rings is 1. The van der Waals surface area contributed by atoms with E-state index in [1.807, 2.05) is 6.92 Å². The molecule has 1 aliphatic carbocycles. The molecule has 0 radical (unpaired) electrons. The number of aromatic nitrogens is 4. The number of carbonyl (C=O) groups is 1. The minimum absolute atomic E-state index is 0.263. The van der Waals surface area contributed by atoms with Gasteiger partial charge in [0.05, 0.1) is 16.9 Å². The smallest absolute Gasteiger partial charge is 0.385 e. The highest BCUT2D eigenvalue weighted by molar-refractivity contribution is 5.96. The van der Waals surface area contributed by atoms with Gasteiger partial charge >= 0.3 is 6.18 Å². The lowest BCUT2D eigenvalue weighted by molar-refractivity contribution is -0.141. The molecule has 2 N–H and O–H groups in total. The number of rotatable bonds is 5. The van der Waals surface area contributed by atoms with E-state index in [9.17, 15) is 22.4 Å². The maximum atomic E-state index is 14.7. The molecule has 184 valence electrons. The molecule has 1 aromatic carbocycles. The van der Waals surface area contributed by atoms with E-state index >= 15 is 0 Å². The van der Waals surface area contributed by atoms with E-state index in [4.69, 9.17) is 0 Å². The Balaban J connectivity index is 1.80. The Hall–Kier alpha value is -4.28. The molecular weight excluding hydrogens is 476 g/mol. The lowest BCUT2D eigenvalue weighted by Crippen LogP contribution is -2.18. The number of pyridine rings is 2. The van der Waals surface area contributed by atoms with Gasteiger partial charge in [0, 0.05) is 67.2 Å². The van der Waals surface area contributed by atoms with E-state index in [-0.39, 0.29) is 17.2 Å². The van der Waals surface area contributed by atoms with Crippen LogP contribution in [0.25, 0.3) is 27.9 Å². The topological polar surface area (TPSA) is 84.7 Å². The van der Waals surface area contributed by atoms with Crippen LogP contribution in [0.1, 0.15) is 34.2 Å². The van der Waals surface area contributed by atoms with Gasteiger partial charge in [0.15, 0.2) is 5.69 Å². The number of nitrogens with one attached hydrogen (secondary N) is 2. The number of hydrogen-bond acceptors (Lipinski definition) is 5. The molecule has 5 rings (SSSR count). The van der Waals surface area contributed by atoms with Crippen LogP contribution in [0.3, 0.4) is 0 Å². The summed E-state index contributed by atoms with van der Waals surface area (Å²) in [4.78, 5) is 20.9. The first-order valence-corrected chi connectivity index (χ1v) is 11.1. The van der Waals surface area contributed by atoms with Crippen molar-refractivity contribution in [1.82, 2.24) is 25.1 Å². The Morgan fingerprint density at radius 2 is 1.94 bits per heavy atom. The van der Waals surface area contributed by atoms with Gasteiger partial charge in [-0.15, -0.1) is 0 Å². The Morgan fingerprint density at radius 1 is 1.14 bits per heavy atom. The summed E-state index contributed by atoms with van der Waals surface area (Å²) in [7, 11) is 1.48. The number of hydrogen-bond donors (Lipinski definition) is 2. The van der Waals surface area contributed by atoms with Crippen LogP contribution in [0.15, 0.2) is 49.1 Å². The summed E-state index contributed by atoms with van der Waals surface area (Å²) in [5.74, 6) is -0.866. The van der Waals surface area contributed by atoms with Crippen molar-refractivity contribution in [3.05, 3.63) is 77.4 Å². The zero-order valence-corrected chi connectivity index (χ0v) is 19.2. The van der Waals surface area contributed by atoms with Crippen molar-refractivity contribution in [2.75, 3.05) is 18.9 Å². The van der Waals surface area contributed by atoms with Crippen LogP contribution in [0, 0.1) is 5.82 Å². The number of anilines is 1. The molecular formula is C25H20F4N6O. The van der Waals surface area contributed by atoms with Crippen LogP contribution in [0.4, 0.5) is 23.2 Å². The second-order valence-corrected chi connectivity index (χ2v) is 8.21. The molecule has 0 spiro atoms. The number of nitrogens with zero attached hydrogens (tertiary/aromatic N) is 4. The third kappa shape index (κ3) is 3.96. The van der Waals surface area contributed by atoms with Crippen molar-refractivity contribution in [3.63, 3.8) is 0 Å². The predicted octanol–water partition coefficient (Wildman–Crippen LogP) is 4.85. The first-order valence-electron chi connectivity index (χ1n) is 11.1. The zero-order valence-electron chi connectivity index (χ0n) is 19.2. The van der Waals surface area contributed by atoms with Crippen molar-refractivity contribution in [1.29, 1.82) is 0 Å². The van der Waals surface area contributed by atoms with Crippen LogP contribution in [0.2, 0.25) is 0 Å². The van der Waals surface area contributed by atoms with Gasteiger partial charge in [-0.1, -0.05) is 0 Å². The number of fused-ring (bicyclic) bond motifs is 3.